The number of β-amino-alcohol motifs (C(OH)–C–C–N with tert-alkyl or cyclic N) is 1. The van der Waals surface area contributed by atoms with E-state index < -0.39 is 18.0 Å². The van der Waals surface area contributed by atoms with E-state index in [0.717, 1.165) is 11.3 Å². The smallest absolute Gasteiger partial charge is 0.328 e. The highest BCUT2D eigenvalue weighted by Gasteiger charge is 2.12. The maximum Gasteiger partial charge on any atom is 0.328 e. The van der Waals surface area contributed by atoms with Crippen molar-refractivity contribution in [1.29, 1.82) is 0 Å². The van der Waals surface area contributed by atoms with Crippen molar-refractivity contribution in [3.63, 3.8) is 0 Å². The standard InChI is InChI=1S/C15H25NO3.C4H4O4/c1-15(2,3)16-10-13(18)11-19-14-6-4-12(5-7-14)8-9-17;5-3(6)1-2-4(7)8/h4-7,13,16-18H,8-11H2,1-3H3;1-2H,(H,5,6)(H,7,8). The molecular weight excluding hydrogens is 354 g/mol. The summed E-state index contributed by atoms with van der Waals surface area (Å²) in [5.41, 5.74) is 1.07. The molecule has 0 aliphatic rings. The molecule has 1 aromatic carbocycles. The van der Waals surface area contributed by atoms with Crippen molar-refractivity contribution < 1.29 is 34.8 Å². The Balaban J connectivity index is 0.000000713. The Morgan fingerprint density at radius 1 is 1.11 bits per heavy atom. The first-order valence-electron chi connectivity index (χ1n) is 8.43. The van der Waals surface area contributed by atoms with Gasteiger partial charge in [0.2, 0.25) is 0 Å². The fourth-order valence-electron chi connectivity index (χ4n) is 1.70. The number of carboxylic acid groups (broad SMARTS) is 2. The van der Waals surface area contributed by atoms with E-state index in [9.17, 15) is 14.7 Å². The quantitative estimate of drug-likeness (QED) is 0.399. The van der Waals surface area contributed by atoms with Gasteiger partial charge in [0.1, 0.15) is 18.5 Å². The van der Waals surface area contributed by atoms with Crippen LogP contribution in [0.15, 0.2) is 36.4 Å². The third kappa shape index (κ3) is 15.5. The summed E-state index contributed by atoms with van der Waals surface area (Å²) in [5.74, 6) is -1.78. The normalized spacial score (nSPS) is 12.2. The number of aliphatic hydroxyl groups is 2. The number of aliphatic carboxylic acids is 2. The lowest BCUT2D eigenvalue weighted by molar-refractivity contribution is -0.134. The van der Waals surface area contributed by atoms with Gasteiger partial charge in [0.05, 0.1) is 0 Å². The minimum absolute atomic E-state index is 0.00702. The maximum absolute atomic E-state index is 9.79. The van der Waals surface area contributed by atoms with Gasteiger partial charge in [-0.1, -0.05) is 12.1 Å². The highest BCUT2D eigenvalue weighted by Crippen LogP contribution is 2.12. The fraction of sp³-hybridized carbons (Fsp3) is 0.474. The van der Waals surface area contributed by atoms with Crippen LogP contribution in [0.5, 0.6) is 5.75 Å². The molecule has 0 amide bonds. The first kappa shape index (κ1) is 24.6. The molecule has 0 saturated carbocycles. The zero-order valence-electron chi connectivity index (χ0n) is 15.9. The molecule has 152 valence electrons. The average Bonchev–Trinajstić information content (AvgIpc) is 2.58. The topological polar surface area (TPSA) is 136 Å². The average molecular weight is 383 g/mol. The van der Waals surface area contributed by atoms with Gasteiger partial charge in [-0.05, 0) is 44.9 Å². The predicted molar refractivity (Wildman–Crippen MR) is 101 cm³/mol. The van der Waals surface area contributed by atoms with Crippen LogP contribution in [-0.4, -0.2) is 63.8 Å². The van der Waals surface area contributed by atoms with E-state index in [-0.39, 0.29) is 18.8 Å². The number of carbonyl (C=O) groups is 2. The van der Waals surface area contributed by atoms with Gasteiger partial charge < -0.3 is 30.5 Å². The summed E-state index contributed by atoms with van der Waals surface area (Å²) in [4.78, 5) is 19.1. The second-order valence-electron chi connectivity index (χ2n) is 6.72. The molecule has 1 atom stereocenters. The Hall–Kier alpha value is -2.42. The first-order chi connectivity index (χ1) is 12.5. The van der Waals surface area contributed by atoms with E-state index >= 15 is 0 Å². The van der Waals surface area contributed by atoms with Crippen LogP contribution in [0.25, 0.3) is 0 Å². The summed E-state index contributed by atoms with van der Waals surface area (Å²) in [7, 11) is 0. The van der Waals surface area contributed by atoms with Crippen LogP contribution >= 0.6 is 0 Å². The zero-order chi connectivity index (χ0) is 20.9. The van der Waals surface area contributed by atoms with Crippen LogP contribution in [0, 0.1) is 0 Å². The van der Waals surface area contributed by atoms with Gasteiger partial charge in [-0.3, -0.25) is 0 Å². The maximum atomic E-state index is 9.79. The lowest BCUT2D eigenvalue weighted by atomic mass is 10.1. The molecule has 8 nitrogen and oxygen atoms in total. The molecule has 0 bridgehead atoms. The Morgan fingerprint density at radius 3 is 2.04 bits per heavy atom. The van der Waals surface area contributed by atoms with Gasteiger partial charge >= 0.3 is 11.9 Å². The van der Waals surface area contributed by atoms with Crippen LogP contribution < -0.4 is 10.1 Å². The van der Waals surface area contributed by atoms with Gasteiger partial charge in [-0.25, -0.2) is 9.59 Å². The van der Waals surface area contributed by atoms with Crippen LogP contribution in [0.2, 0.25) is 0 Å². The van der Waals surface area contributed by atoms with Gasteiger partial charge in [0, 0.05) is 30.8 Å². The molecular formula is C19H29NO7. The summed E-state index contributed by atoms with van der Waals surface area (Å²) in [6.45, 7) is 7.09. The molecule has 0 fully saturated rings. The number of carboxylic acids is 2. The van der Waals surface area contributed by atoms with Gasteiger partial charge in [0.15, 0.2) is 0 Å². The summed E-state index contributed by atoms with van der Waals surface area (Å²) < 4.78 is 5.51. The molecule has 0 aromatic heterocycles. The lowest BCUT2D eigenvalue weighted by Gasteiger charge is -2.23. The second kappa shape index (κ2) is 12.9. The Morgan fingerprint density at radius 2 is 1.63 bits per heavy atom. The van der Waals surface area contributed by atoms with Crippen molar-refractivity contribution in [1.82, 2.24) is 5.32 Å². The molecule has 8 heteroatoms. The largest absolute Gasteiger partial charge is 0.491 e. The monoisotopic (exact) mass is 383 g/mol. The molecule has 1 rings (SSSR count). The SMILES string of the molecule is CC(C)(C)NCC(O)COc1ccc(CCO)cc1.O=C(O)C=CC(=O)O. The number of hydrogen-bond acceptors (Lipinski definition) is 6. The lowest BCUT2D eigenvalue weighted by Crippen LogP contribution is -2.42. The molecule has 0 spiro atoms. The number of rotatable bonds is 9. The Bertz CT molecular complexity index is 575. The van der Waals surface area contributed by atoms with Crippen LogP contribution in [0.3, 0.4) is 0 Å². The molecule has 0 aliphatic carbocycles. The Labute approximate surface area is 159 Å². The van der Waals surface area contributed by atoms with E-state index in [1.807, 2.05) is 24.3 Å². The summed E-state index contributed by atoms with van der Waals surface area (Å²) in [6.07, 6.45) is 1.24. The molecule has 1 unspecified atom stereocenters. The number of hydrogen-bond donors (Lipinski definition) is 5. The van der Waals surface area contributed by atoms with Crippen molar-refractivity contribution in [2.24, 2.45) is 0 Å². The van der Waals surface area contributed by atoms with E-state index in [4.69, 9.17) is 20.1 Å². The molecule has 0 heterocycles. The van der Waals surface area contributed by atoms with Crippen molar-refractivity contribution in [3.8, 4) is 5.75 Å². The van der Waals surface area contributed by atoms with E-state index in [1.54, 1.807) is 0 Å². The second-order valence-corrected chi connectivity index (χ2v) is 6.72. The zero-order valence-corrected chi connectivity index (χ0v) is 15.9. The minimum atomic E-state index is -1.26. The number of nitrogens with one attached hydrogen (secondary N) is 1. The van der Waals surface area contributed by atoms with Gasteiger partial charge in [-0.15, -0.1) is 0 Å². The van der Waals surface area contributed by atoms with Crippen molar-refractivity contribution >= 4 is 11.9 Å². The van der Waals surface area contributed by atoms with Crippen LogP contribution in [0.1, 0.15) is 26.3 Å². The van der Waals surface area contributed by atoms with Crippen LogP contribution in [-0.2, 0) is 16.0 Å². The third-order valence-corrected chi connectivity index (χ3v) is 3.00. The number of ether oxygens (including phenoxy) is 1. The van der Waals surface area contributed by atoms with Gasteiger partial charge in [-0.2, -0.15) is 0 Å². The van der Waals surface area contributed by atoms with Crippen LogP contribution in [0.4, 0.5) is 0 Å². The molecule has 27 heavy (non-hydrogen) atoms. The molecule has 0 radical (unpaired) electrons. The minimum Gasteiger partial charge on any atom is -0.491 e. The van der Waals surface area contributed by atoms with Crippen molar-refractivity contribution in [3.05, 3.63) is 42.0 Å². The summed E-state index contributed by atoms with van der Waals surface area (Å²) in [6, 6.07) is 7.56. The van der Waals surface area contributed by atoms with E-state index in [0.29, 0.717) is 25.1 Å². The van der Waals surface area contributed by atoms with E-state index in [1.165, 1.54) is 0 Å². The number of aliphatic hydroxyl groups excluding tert-OH is 2. The number of benzene rings is 1. The van der Waals surface area contributed by atoms with Crippen molar-refractivity contribution in [2.45, 2.75) is 38.8 Å². The van der Waals surface area contributed by atoms with Crippen molar-refractivity contribution in [2.75, 3.05) is 19.8 Å². The molecule has 0 saturated heterocycles. The highest BCUT2D eigenvalue weighted by molar-refractivity contribution is 5.89. The summed E-state index contributed by atoms with van der Waals surface area (Å²) >= 11 is 0. The molecule has 0 aliphatic heterocycles. The Kier molecular flexibility index (Phi) is 11.7. The predicted octanol–water partition coefficient (Wildman–Crippen LogP) is 1.06. The molecule has 1 aromatic rings. The third-order valence-electron chi connectivity index (χ3n) is 3.00. The highest BCUT2D eigenvalue weighted by atomic mass is 16.5. The van der Waals surface area contributed by atoms with E-state index in [2.05, 4.69) is 26.1 Å². The van der Waals surface area contributed by atoms with Gasteiger partial charge in [0.25, 0.3) is 0 Å². The summed E-state index contributed by atoms with van der Waals surface area (Å²) in [5, 5.41) is 37.5. The molecule has 5 N–H and O–H groups in total. The fourth-order valence-corrected chi connectivity index (χ4v) is 1.70. The first-order valence-corrected chi connectivity index (χ1v) is 8.43.